The smallest absolute Gasteiger partial charge is 0.158 e. The minimum absolute atomic E-state index is 0.197. The van der Waals surface area contributed by atoms with Crippen LogP contribution in [0, 0.1) is 11.3 Å². The van der Waals surface area contributed by atoms with Crippen LogP contribution in [-0.2, 0) is 11.2 Å². The van der Waals surface area contributed by atoms with Gasteiger partial charge in [0.05, 0.1) is 11.6 Å². The molecule has 0 aromatic heterocycles. The van der Waals surface area contributed by atoms with E-state index in [4.69, 9.17) is 5.26 Å². The van der Waals surface area contributed by atoms with Crippen LogP contribution in [0.5, 0.6) is 0 Å². The van der Waals surface area contributed by atoms with E-state index < -0.39 is 0 Å². The number of carbonyl (C=O) groups excluding carboxylic acids is 1. The van der Waals surface area contributed by atoms with Crippen LogP contribution in [-0.4, -0.2) is 5.78 Å². The molecule has 0 saturated carbocycles. The Labute approximate surface area is 138 Å². The summed E-state index contributed by atoms with van der Waals surface area (Å²) in [5.74, 6) is 0.197. The van der Waals surface area contributed by atoms with E-state index in [-0.39, 0.29) is 5.78 Å². The molecule has 0 fully saturated rings. The molecule has 0 N–H and O–H groups in total. The molecule has 0 unspecified atom stereocenters. The minimum Gasteiger partial charge on any atom is -0.295 e. The molecule has 0 spiro atoms. The number of aryl methyl sites for hydroxylation is 1. The van der Waals surface area contributed by atoms with Crippen LogP contribution in [0.3, 0.4) is 0 Å². The maximum Gasteiger partial charge on any atom is 0.158 e. The first-order valence-electron chi connectivity index (χ1n) is 7.94. The van der Waals surface area contributed by atoms with Gasteiger partial charge in [0.15, 0.2) is 5.78 Å². The van der Waals surface area contributed by atoms with Gasteiger partial charge in [0.2, 0.25) is 0 Å². The minimum atomic E-state index is 0.197. The molecule has 2 aromatic carbocycles. The van der Waals surface area contributed by atoms with Gasteiger partial charge in [-0.05, 0) is 61.1 Å². The van der Waals surface area contributed by atoms with E-state index >= 15 is 0 Å². The first-order chi connectivity index (χ1) is 11.2. The van der Waals surface area contributed by atoms with Gasteiger partial charge in [-0.1, -0.05) is 42.5 Å². The Bertz CT molecular complexity index is 706. The van der Waals surface area contributed by atoms with Crippen molar-refractivity contribution in [1.82, 2.24) is 0 Å². The van der Waals surface area contributed by atoms with Crippen molar-refractivity contribution in [2.45, 2.75) is 32.6 Å². The Morgan fingerprint density at radius 3 is 2.39 bits per heavy atom. The number of benzene rings is 2. The van der Waals surface area contributed by atoms with E-state index in [1.165, 1.54) is 5.56 Å². The molecule has 0 aliphatic rings. The lowest BCUT2D eigenvalue weighted by Gasteiger charge is -2.03. The summed E-state index contributed by atoms with van der Waals surface area (Å²) in [4.78, 5) is 12.2. The van der Waals surface area contributed by atoms with Gasteiger partial charge < -0.3 is 0 Å². The predicted molar refractivity (Wildman–Crippen MR) is 93.8 cm³/mol. The summed E-state index contributed by atoms with van der Waals surface area (Å²) in [6.45, 7) is 1.86. The predicted octanol–water partition coefficient (Wildman–Crippen LogP) is 4.94. The van der Waals surface area contributed by atoms with Gasteiger partial charge in [0.1, 0.15) is 0 Å². The average Bonchev–Trinajstić information content (AvgIpc) is 2.60. The van der Waals surface area contributed by atoms with E-state index in [1.807, 2.05) is 43.3 Å². The van der Waals surface area contributed by atoms with Crippen LogP contribution in [0.1, 0.15) is 42.9 Å². The van der Waals surface area contributed by atoms with Gasteiger partial charge in [0, 0.05) is 6.42 Å². The lowest BCUT2D eigenvalue weighted by Crippen LogP contribution is -2.00. The second-order valence-corrected chi connectivity index (χ2v) is 5.68. The van der Waals surface area contributed by atoms with E-state index in [0.29, 0.717) is 12.0 Å². The maximum atomic E-state index is 12.2. The van der Waals surface area contributed by atoms with Crippen molar-refractivity contribution in [1.29, 1.82) is 5.26 Å². The van der Waals surface area contributed by atoms with Crippen LogP contribution >= 0.6 is 0 Å². The fraction of sp³-hybridized carbons (Fsp3) is 0.238. The molecule has 2 aromatic rings. The first-order valence-corrected chi connectivity index (χ1v) is 7.94. The van der Waals surface area contributed by atoms with E-state index in [1.54, 1.807) is 12.1 Å². The summed E-state index contributed by atoms with van der Waals surface area (Å²) < 4.78 is 0. The molecule has 0 saturated heterocycles. The van der Waals surface area contributed by atoms with Gasteiger partial charge >= 0.3 is 0 Å². The number of rotatable bonds is 7. The molecule has 23 heavy (non-hydrogen) atoms. The van der Waals surface area contributed by atoms with E-state index in [0.717, 1.165) is 30.4 Å². The monoisotopic (exact) mass is 303 g/mol. The van der Waals surface area contributed by atoms with Gasteiger partial charge in [-0.3, -0.25) is 4.79 Å². The topological polar surface area (TPSA) is 40.9 Å². The quantitative estimate of drug-likeness (QED) is 0.536. The molecule has 0 bridgehead atoms. The number of unbranched alkanes of at least 4 members (excludes halogenated alkanes) is 1. The van der Waals surface area contributed by atoms with Crippen molar-refractivity contribution in [3.8, 4) is 6.07 Å². The van der Waals surface area contributed by atoms with E-state index in [2.05, 4.69) is 18.2 Å². The molecule has 0 atom stereocenters. The first kappa shape index (κ1) is 16.7. The Hall–Kier alpha value is -2.66. The van der Waals surface area contributed by atoms with Gasteiger partial charge in [0.25, 0.3) is 0 Å². The number of nitriles is 1. The second-order valence-electron chi connectivity index (χ2n) is 5.68. The molecule has 116 valence electrons. The maximum absolute atomic E-state index is 12.2. The number of ketones is 1. The molecule has 2 rings (SSSR count). The van der Waals surface area contributed by atoms with Crippen LogP contribution in [0.15, 0.2) is 60.2 Å². The highest BCUT2D eigenvalue weighted by Gasteiger charge is 2.05. The molecule has 2 nitrogen and oxygen atoms in total. The summed E-state index contributed by atoms with van der Waals surface area (Å²) >= 11 is 0. The molecular formula is C21H21NO. The Kier molecular flexibility index (Phi) is 6.32. The largest absolute Gasteiger partial charge is 0.295 e. The summed E-state index contributed by atoms with van der Waals surface area (Å²) in [5.41, 5.74) is 3.69. The average molecular weight is 303 g/mol. The number of carbonyl (C=O) groups is 1. The van der Waals surface area contributed by atoms with Crippen molar-refractivity contribution < 1.29 is 4.79 Å². The van der Waals surface area contributed by atoms with Gasteiger partial charge in [-0.2, -0.15) is 5.26 Å². The normalized spacial score (nSPS) is 11.0. The van der Waals surface area contributed by atoms with Gasteiger partial charge in [-0.25, -0.2) is 0 Å². The number of allylic oxidation sites excluding steroid dienone is 1. The SMILES string of the molecule is C/C(=C\c1ccc(C#N)cc1)C(=O)CCCCc1ccccc1. The zero-order valence-electron chi connectivity index (χ0n) is 13.5. The van der Waals surface area contributed by atoms with Crippen LogP contribution < -0.4 is 0 Å². The van der Waals surface area contributed by atoms with Crippen molar-refractivity contribution >= 4 is 11.9 Å². The number of Topliss-reactive ketones (excluding diaryl/α,β-unsaturated/α-hetero) is 1. The summed E-state index contributed by atoms with van der Waals surface area (Å²) in [6, 6.07) is 19.7. The highest BCUT2D eigenvalue weighted by molar-refractivity contribution is 5.98. The Morgan fingerprint density at radius 1 is 1.04 bits per heavy atom. The molecular weight excluding hydrogens is 282 g/mol. The van der Waals surface area contributed by atoms with Crippen LogP contribution in [0.2, 0.25) is 0 Å². The molecule has 0 aliphatic carbocycles. The van der Waals surface area contributed by atoms with Crippen molar-refractivity contribution in [2.75, 3.05) is 0 Å². The molecule has 0 heterocycles. The molecule has 0 radical (unpaired) electrons. The number of hydrogen-bond acceptors (Lipinski definition) is 2. The fourth-order valence-electron chi connectivity index (χ4n) is 2.44. The standard InChI is InChI=1S/C21H21NO/c1-17(15-19-11-13-20(16-22)14-12-19)21(23)10-6-5-9-18-7-3-2-4-8-18/h2-4,7-8,11-15H,5-6,9-10H2,1H3/b17-15+. The van der Waals surface area contributed by atoms with Crippen molar-refractivity contribution in [3.63, 3.8) is 0 Å². The Morgan fingerprint density at radius 2 is 1.74 bits per heavy atom. The second kappa shape index (κ2) is 8.70. The van der Waals surface area contributed by atoms with Crippen LogP contribution in [0.25, 0.3) is 6.08 Å². The van der Waals surface area contributed by atoms with Crippen LogP contribution in [0.4, 0.5) is 0 Å². The molecule has 0 aliphatic heterocycles. The third-order valence-corrected chi connectivity index (χ3v) is 3.82. The molecule has 2 heteroatoms. The Balaban J connectivity index is 1.80. The fourth-order valence-corrected chi connectivity index (χ4v) is 2.44. The summed E-state index contributed by atoms with van der Waals surface area (Å²) in [7, 11) is 0. The third kappa shape index (κ3) is 5.56. The molecule has 0 amide bonds. The van der Waals surface area contributed by atoms with Crippen molar-refractivity contribution in [2.24, 2.45) is 0 Å². The zero-order valence-corrected chi connectivity index (χ0v) is 13.5. The summed E-state index contributed by atoms with van der Waals surface area (Å²) in [6.07, 6.45) is 5.44. The van der Waals surface area contributed by atoms with Gasteiger partial charge in [-0.15, -0.1) is 0 Å². The lowest BCUT2D eigenvalue weighted by molar-refractivity contribution is -0.115. The highest BCUT2D eigenvalue weighted by atomic mass is 16.1. The number of nitrogens with zero attached hydrogens (tertiary/aromatic N) is 1. The summed E-state index contributed by atoms with van der Waals surface area (Å²) in [5, 5.41) is 8.78. The number of hydrogen-bond donors (Lipinski definition) is 0. The zero-order chi connectivity index (χ0) is 16.5. The van der Waals surface area contributed by atoms with Crippen molar-refractivity contribution in [3.05, 3.63) is 76.9 Å². The third-order valence-electron chi connectivity index (χ3n) is 3.82. The lowest BCUT2D eigenvalue weighted by atomic mass is 10.0. The highest BCUT2D eigenvalue weighted by Crippen LogP contribution is 2.13. The van der Waals surface area contributed by atoms with E-state index in [9.17, 15) is 4.79 Å².